The number of aryl methyl sites for hydroxylation is 3. The number of piperidine rings is 1. The second-order valence-electron chi connectivity index (χ2n) is 7.32. The van der Waals surface area contributed by atoms with E-state index in [1.807, 2.05) is 12.1 Å². The van der Waals surface area contributed by atoms with Gasteiger partial charge in [-0.2, -0.15) is 5.10 Å². The quantitative estimate of drug-likeness (QED) is 0.851. The molecule has 27 heavy (non-hydrogen) atoms. The molecule has 4 rings (SSSR count). The topological polar surface area (TPSA) is 84.3 Å². The number of sulfonamides is 1. The minimum atomic E-state index is -3.51. The van der Waals surface area contributed by atoms with E-state index >= 15 is 0 Å². The average molecular weight is 388 g/mol. The Kier molecular flexibility index (Phi) is 4.77. The van der Waals surface area contributed by atoms with Crippen LogP contribution in [0, 0.1) is 0 Å². The van der Waals surface area contributed by atoms with Crippen LogP contribution in [-0.4, -0.2) is 37.3 Å². The molecule has 8 heteroatoms. The fourth-order valence-corrected chi connectivity index (χ4v) is 5.24. The first-order chi connectivity index (χ1) is 12.9. The van der Waals surface area contributed by atoms with E-state index in [2.05, 4.69) is 14.7 Å². The van der Waals surface area contributed by atoms with E-state index in [0.29, 0.717) is 30.8 Å². The lowest BCUT2D eigenvalue weighted by molar-refractivity contribution is 0.456. The zero-order valence-electron chi connectivity index (χ0n) is 15.4. The van der Waals surface area contributed by atoms with Crippen LogP contribution < -0.4 is 15.2 Å². The summed E-state index contributed by atoms with van der Waals surface area (Å²) in [4.78, 5) is 13.9. The monoisotopic (exact) mass is 388 g/mol. The van der Waals surface area contributed by atoms with Gasteiger partial charge in [0, 0.05) is 32.2 Å². The van der Waals surface area contributed by atoms with Gasteiger partial charge in [0.25, 0.3) is 5.56 Å². The van der Waals surface area contributed by atoms with Crippen molar-refractivity contribution in [1.82, 2.24) is 14.5 Å². The predicted octanol–water partition coefficient (Wildman–Crippen LogP) is 1.22. The van der Waals surface area contributed by atoms with Crippen molar-refractivity contribution in [2.24, 2.45) is 7.05 Å². The molecular weight excluding hydrogens is 364 g/mol. The molecule has 0 saturated carbocycles. The third-order valence-electron chi connectivity index (χ3n) is 5.47. The first-order valence-electron chi connectivity index (χ1n) is 9.36. The molecule has 1 aliphatic heterocycles. The zero-order valence-corrected chi connectivity index (χ0v) is 16.2. The van der Waals surface area contributed by atoms with Crippen LogP contribution in [0.5, 0.6) is 0 Å². The number of aromatic nitrogens is 2. The second kappa shape index (κ2) is 7.09. The number of nitrogens with one attached hydrogen (secondary N) is 1. The van der Waals surface area contributed by atoms with Crippen LogP contribution in [0.3, 0.4) is 0 Å². The normalized spacial score (nSPS) is 17.9. The van der Waals surface area contributed by atoms with Gasteiger partial charge in [-0.05, 0) is 61.4 Å². The predicted molar refractivity (Wildman–Crippen MR) is 104 cm³/mol. The molecule has 1 saturated heterocycles. The maximum absolute atomic E-state index is 12.8. The van der Waals surface area contributed by atoms with Crippen LogP contribution in [-0.2, 0) is 29.9 Å². The number of nitrogens with zero attached hydrogens (tertiary/aromatic N) is 3. The molecule has 0 amide bonds. The Morgan fingerprint density at radius 3 is 2.56 bits per heavy atom. The molecule has 144 valence electrons. The number of anilines is 1. The van der Waals surface area contributed by atoms with Gasteiger partial charge in [-0.1, -0.05) is 6.07 Å². The van der Waals surface area contributed by atoms with Gasteiger partial charge in [-0.25, -0.2) is 17.8 Å². The van der Waals surface area contributed by atoms with Gasteiger partial charge in [0.05, 0.1) is 4.90 Å². The third kappa shape index (κ3) is 3.77. The van der Waals surface area contributed by atoms with E-state index in [1.165, 1.54) is 16.3 Å². The summed E-state index contributed by atoms with van der Waals surface area (Å²) in [6.45, 7) is 1.39. The van der Waals surface area contributed by atoms with Crippen LogP contribution >= 0.6 is 0 Å². The summed E-state index contributed by atoms with van der Waals surface area (Å²) >= 11 is 0. The molecule has 1 fully saturated rings. The first-order valence-corrected chi connectivity index (χ1v) is 10.8. The molecule has 2 heterocycles. The van der Waals surface area contributed by atoms with Gasteiger partial charge >= 0.3 is 0 Å². The van der Waals surface area contributed by atoms with Crippen LogP contribution in [0.4, 0.5) is 5.82 Å². The van der Waals surface area contributed by atoms with Crippen molar-refractivity contribution in [3.63, 3.8) is 0 Å². The molecule has 0 radical (unpaired) electrons. The highest BCUT2D eigenvalue weighted by molar-refractivity contribution is 7.89. The van der Waals surface area contributed by atoms with Crippen molar-refractivity contribution in [3.05, 3.63) is 51.8 Å². The number of hydrogen-bond acceptors (Lipinski definition) is 5. The largest absolute Gasteiger partial charge is 0.355 e. The van der Waals surface area contributed by atoms with Gasteiger partial charge in [-0.15, -0.1) is 0 Å². The minimum absolute atomic E-state index is 0.0907. The van der Waals surface area contributed by atoms with Crippen molar-refractivity contribution in [2.45, 2.75) is 43.0 Å². The molecule has 1 aliphatic carbocycles. The minimum Gasteiger partial charge on any atom is -0.355 e. The van der Waals surface area contributed by atoms with Crippen LogP contribution in [0.1, 0.15) is 30.4 Å². The Morgan fingerprint density at radius 1 is 1.07 bits per heavy atom. The molecule has 1 N–H and O–H groups in total. The Bertz CT molecular complexity index is 1010. The van der Waals surface area contributed by atoms with E-state index in [-0.39, 0.29) is 11.6 Å². The molecular formula is C19H24N4O3S. The average Bonchev–Trinajstić information content (AvgIpc) is 3.12. The van der Waals surface area contributed by atoms with Crippen molar-refractivity contribution in [3.8, 4) is 0 Å². The lowest BCUT2D eigenvalue weighted by Crippen LogP contribution is -2.45. The van der Waals surface area contributed by atoms with Gasteiger partial charge in [0.2, 0.25) is 10.0 Å². The van der Waals surface area contributed by atoms with E-state index in [0.717, 1.165) is 30.6 Å². The zero-order chi connectivity index (χ0) is 19.0. The Labute approximate surface area is 159 Å². The van der Waals surface area contributed by atoms with Crippen molar-refractivity contribution >= 4 is 15.8 Å². The number of hydrogen-bond donors (Lipinski definition) is 1. The van der Waals surface area contributed by atoms with E-state index in [1.54, 1.807) is 19.2 Å². The number of fused-ring (bicyclic) bond motifs is 1. The molecule has 2 aromatic rings. The molecule has 0 bridgehead atoms. The Balaban J connectivity index is 1.41. The summed E-state index contributed by atoms with van der Waals surface area (Å²) < 4.78 is 29.7. The summed E-state index contributed by atoms with van der Waals surface area (Å²) in [5, 5.41) is 4.27. The standard InChI is InChI=1S/C19H24N4O3S/c1-22-19(24)8-7-18(20-22)23-11-9-16(10-12-23)21-27(25,26)17-6-5-14-3-2-4-15(14)13-17/h5-8,13,16,21H,2-4,9-12H2,1H3. The maximum atomic E-state index is 12.8. The SMILES string of the molecule is Cn1nc(N2CCC(NS(=O)(=O)c3ccc4c(c3)CCC4)CC2)ccc1=O. The molecule has 1 aromatic carbocycles. The molecule has 2 aliphatic rings. The Morgan fingerprint density at radius 2 is 1.81 bits per heavy atom. The first kappa shape index (κ1) is 18.2. The molecule has 1 aromatic heterocycles. The second-order valence-corrected chi connectivity index (χ2v) is 9.03. The van der Waals surface area contributed by atoms with Crippen LogP contribution in [0.2, 0.25) is 0 Å². The number of rotatable bonds is 4. The molecule has 0 atom stereocenters. The molecule has 0 unspecified atom stereocenters. The van der Waals surface area contributed by atoms with E-state index < -0.39 is 10.0 Å². The lowest BCUT2D eigenvalue weighted by Gasteiger charge is -2.33. The summed E-state index contributed by atoms with van der Waals surface area (Å²) in [5.74, 6) is 0.747. The van der Waals surface area contributed by atoms with Crippen LogP contribution in [0.25, 0.3) is 0 Å². The summed E-state index contributed by atoms with van der Waals surface area (Å²) in [6, 6.07) is 8.63. The third-order valence-corrected chi connectivity index (χ3v) is 6.99. The van der Waals surface area contributed by atoms with Crippen molar-refractivity contribution < 1.29 is 8.42 Å². The highest BCUT2D eigenvalue weighted by Crippen LogP contribution is 2.25. The summed E-state index contributed by atoms with van der Waals surface area (Å²) in [6.07, 6.45) is 4.51. The fourth-order valence-electron chi connectivity index (χ4n) is 3.89. The van der Waals surface area contributed by atoms with Crippen molar-refractivity contribution in [1.29, 1.82) is 0 Å². The highest BCUT2D eigenvalue weighted by Gasteiger charge is 2.26. The van der Waals surface area contributed by atoms with Gasteiger partial charge in [0.1, 0.15) is 5.82 Å². The summed E-state index contributed by atoms with van der Waals surface area (Å²) in [7, 11) is -1.88. The van der Waals surface area contributed by atoms with Crippen LogP contribution in [0.15, 0.2) is 40.0 Å². The number of benzene rings is 1. The summed E-state index contributed by atoms with van der Waals surface area (Å²) in [5.41, 5.74) is 2.29. The van der Waals surface area contributed by atoms with Gasteiger partial charge < -0.3 is 4.90 Å². The van der Waals surface area contributed by atoms with E-state index in [9.17, 15) is 13.2 Å². The van der Waals surface area contributed by atoms with Crippen molar-refractivity contribution in [2.75, 3.05) is 18.0 Å². The lowest BCUT2D eigenvalue weighted by atomic mass is 10.1. The fraction of sp³-hybridized carbons (Fsp3) is 0.474. The van der Waals surface area contributed by atoms with Gasteiger partial charge in [-0.3, -0.25) is 4.79 Å². The maximum Gasteiger partial charge on any atom is 0.266 e. The van der Waals surface area contributed by atoms with E-state index in [4.69, 9.17) is 0 Å². The molecule has 0 spiro atoms. The highest BCUT2D eigenvalue weighted by atomic mass is 32.2. The smallest absolute Gasteiger partial charge is 0.266 e. The molecule has 7 nitrogen and oxygen atoms in total. The Hall–Kier alpha value is -2.19. The van der Waals surface area contributed by atoms with Gasteiger partial charge in [0.15, 0.2) is 0 Å².